The average Bonchev–Trinajstić information content (AvgIpc) is 3.87. The molecule has 2 aliphatic rings. The van der Waals surface area contributed by atoms with E-state index in [1.807, 2.05) is 0 Å². The minimum atomic E-state index is -2.33. The molecule has 0 radical (unpaired) electrons. The van der Waals surface area contributed by atoms with Crippen molar-refractivity contribution in [3.05, 3.63) is 24.3 Å². The summed E-state index contributed by atoms with van der Waals surface area (Å²) in [6, 6.07) is 0. The molecule has 3 atom stereocenters. The zero-order chi connectivity index (χ0) is 44.3. The highest BCUT2D eigenvalue weighted by Gasteiger charge is 2.47. The van der Waals surface area contributed by atoms with Gasteiger partial charge in [-0.05, 0) is 64.2 Å². The van der Waals surface area contributed by atoms with Gasteiger partial charge in [0.25, 0.3) is 0 Å². The van der Waals surface area contributed by atoms with Crippen molar-refractivity contribution >= 4 is 18.9 Å². The van der Waals surface area contributed by atoms with Crippen LogP contribution >= 0.6 is 0 Å². The average molecular weight is 870 g/mol. The van der Waals surface area contributed by atoms with Gasteiger partial charge in [-0.3, -0.25) is 9.69 Å². The van der Waals surface area contributed by atoms with Crippen molar-refractivity contribution in [1.29, 1.82) is 0 Å². The number of allylic oxidation sites excluding steroid dienone is 4. The summed E-state index contributed by atoms with van der Waals surface area (Å²) in [4.78, 5) is 24.2. The minimum absolute atomic E-state index is 0.0361. The van der Waals surface area contributed by atoms with Gasteiger partial charge in [0.1, 0.15) is 13.0 Å². The quantitative estimate of drug-likeness (QED) is 0.0177. The van der Waals surface area contributed by atoms with E-state index >= 15 is 0 Å². The normalized spacial score (nSPS) is 18.8. The zero-order valence-electron chi connectivity index (χ0n) is 39.0. The van der Waals surface area contributed by atoms with Crippen LogP contribution in [0.1, 0.15) is 194 Å². The number of carbonyl (C=O) groups is 1. The lowest BCUT2D eigenvalue weighted by Crippen LogP contribution is -2.41. The van der Waals surface area contributed by atoms with Gasteiger partial charge in [0.05, 0.1) is 32.0 Å². The van der Waals surface area contributed by atoms with E-state index in [1.165, 1.54) is 128 Å². The summed E-state index contributed by atoms with van der Waals surface area (Å²) in [5.41, 5.74) is 0. The topological polar surface area (TPSA) is 158 Å². The van der Waals surface area contributed by atoms with E-state index in [4.69, 9.17) is 43.4 Å². The molecule has 2 saturated heterocycles. The number of nitrogens with zero attached hydrogens (tertiary/aromatic N) is 1. The smallest absolute Gasteiger partial charge is 0.517 e. The van der Waals surface area contributed by atoms with Gasteiger partial charge in [-0.2, -0.15) is 0 Å². The zero-order valence-corrected chi connectivity index (χ0v) is 39.0. The van der Waals surface area contributed by atoms with Crippen LogP contribution in [0.15, 0.2) is 24.3 Å². The van der Waals surface area contributed by atoms with Gasteiger partial charge in [-0.1, -0.05) is 141 Å². The van der Waals surface area contributed by atoms with Gasteiger partial charge < -0.3 is 48.2 Å². The van der Waals surface area contributed by atoms with Crippen molar-refractivity contribution in [1.82, 2.24) is 4.90 Å². The van der Waals surface area contributed by atoms with Crippen molar-refractivity contribution in [2.24, 2.45) is 0 Å². The SMILES string of the molecule is CCCCCCCCC=CCCCCCCCC(=O)OCC1CO[B-]2(OCC(COC(=[OH+])CCCCCCCC=CCCCCCCCC)O2)O1.OCCN(CCO)CCO. The molecule has 4 N–H and O–H groups in total. The van der Waals surface area contributed by atoms with Crippen molar-refractivity contribution in [2.45, 2.75) is 206 Å². The summed E-state index contributed by atoms with van der Waals surface area (Å²) in [7, 11) is 0. The van der Waals surface area contributed by atoms with Gasteiger partial charge in [-0.15, -0.1) is 0 Å². The minimum Gasteiger partial charge on any atom is -0.517 e. The van der Waals surface area contributed by atoms with Gasteiger partial charge in [-0.25, -0.2) is 0 Å². The van der Waals surface area contributed by atoms with Gasteiger partial charge in [0.2, 0.25) is 6.61 Å². The Morgan fingerprint density at radius 1 is 0.557 bits per heavy atom. The second-order valence-electron chi connectivity index (χ2n) is 16.8. The number of ether oxygens (including phenoxy) is 2. The van der Waals surface area contributed by atoms with Crippen molar-refractivity contribution in [2.75, 3.05) is 65.9 Å². The van der Waals surface area contributed by atoms with Crippen LogP contribution in [0.25, 0.3) is 0 Å². The van der Waals surface area contributed by atoms with Gasteiger partial charge in [0, 0.05) is 39.3 Å². The highest BCUT2D eigenvalue weighted by Crippen LogP contribution is 2.29. The van der Waals surface area contributed by atoms with E-state index in [9.17, 15) is 9.59 Å². The number of rotatable bonds is 40. The highest BCUT2D eigenvalue weighted by molar-refractivity contribution is 6.54. The highest BCUT2D eigenvalue weighted by atomic mass is 16.9. The third-order valence-electron chi connectivity index (χ3n) is 11.1. The first-order valence-corrected chi connectivity index (χ1v) is 24.9. The summed E-state index contributed by atoms with van der Waals surface area (Å²) in [6.45, 7) is 4.72. The molecule has 61 heavy (non-hydrogen) atoms. The summed E-state index contributed by atoms with van der Waals surface area (Å²) >= 11 is 0. The fourth-order valence-electron chi connectivity index (χ4n) is 7.38. The Kier molecular flexibility index (Phi) is 39.5. The van der Waals surface area contributed by atoms with E-state index in [1.54, 1.807) is 4.90 Å². The lowest BCUT2D eigenvalue weighted by molar-refractivity contribution is -0.146. The van der Waals surface area contributed by atoms with Gasteiger partial charge >= 0.3 is 18.9 Å². The molecule has 0 saturated carbocycles. The van der Waals surface area contributed by atoms with E-state index in [-0.39, 0.29) is 58.2 Å². The second-order valence-corrected chi connectivity index (χ2v) is 16.8. The number of hydrogen-bond donors (Lipinski definition) is 3. The molecule has 12 nitrogen and oxygen atoms in total. The Hall–Kier alpha value is -1.84. The van der Waals surface area contributed by atoms with Crippen molar-refractivity contribution < 1.29 is 53.0 Å². The lowest BCUT2D eigenvalue weighted by Gasteiger charge is -2.28. The summed E-state index contributed by atoms with van der Waals surface area (Å²) < 4.78 is 34.2. The van der Waals surface area contributed by atoms with Crippen LogP contribution in [0.2, 0.25) is 0 Å². The Morgan fingerprint density at radius 2 is 0.918 bits per heavy atom. The monoisotopic (exact) mass is 870 g/mol. The molecule has 3 unspecified atom stereocenters. The molecule has 13 heteroatoms. The maximum absolute atomic E-state index is 12.2. The molecular formula is C48H92BNO11. The van der Waals surface area contributed by atoms with Crippen LogP contribution < -0.4 is 0 Å². The van der Waals surface area contributed by atoms with Crippen molar-refractivity contribution in [3.63, 3.8) is 0 Å². The van der Waals surface area contributed by atoms with E-state index in [0.29, 0.717) is 32.5 Å². The number of hydrogen-bond acceptors (Lipinski definition) is 11. The molecule has 0 bridgehead atoms. The second kappa shape index (κ2) is 42.1. The van der Waals surface area contributed by atoms with Crippen LogP contribution in [0.5, 0.6) is 0 Å². The first kappa shape index (κ1) is 57.2. The molecule has 0 amide bonds. The number of esters is 2. The molecule has 358 valence electrons. The Bertz CT molecular complexity index is 978. The first-order chi connectivity index (χ1) is 29.9. The molecular weight excluding hydrogens is 777 g/mol. The number of aliphatic hydroxyl groups excluding tert-OH is 3. The maximum Gasteiger partial charge on any atom is 0.532 e. The summed E-state index contributed by atoms with van der Waals surface area (Å²) in [6.07, 6.45) is 41.6. The van der Waals surface area contributed by atoms with Crippen molar-refractivity contribution in [3.8, 4) is 0 Å². The lowest BCUT2D eigenvalue weighted by atomic mass is 10.1. The summed E-state index contributed by atoms with van der Waals surface area (Å²) in [5, 5.41) is 25.5. The first-order valence-electron chi connectivity index (χ1n) is 24.9. The fourth-order valence-corrected chi connectivity index (χ4v) is 7.38. The largest absolute Gasteiger partial charge is 0.532 e. The Balaban J connectivity index is 0.00000164. The molecule has 0 aromatic carbocycles. The molecule has 0 aromatic rings. The molecule has 2 heterocycles. The van der Waals surface area contributed by atoms with E-state index < -0.39 is 19.2 Å². The van der Waals surface area contributed by atoms with E-state index in [2.05, 4.69) is 38.2 Å². The molecule has 2 rings (SSSR count). The number of unbranched alkanes of at least 4 members (excludes halogenated alkanes) is 22. The molecule has 2 aliphatic heterocycles. The maximum atomic E-state index is 12.2. The number of carbonyl (C=O) groups excluding carboxylic acids is 2. The fraction of sp³-hybridized carbons (Fsp3) is 0.875. The Morgan fingerprint density at radius 3 is 1.33 bits per heavy atom. The third-order valence-corrected chi connectivity index (χ3v) is 11.1. The molecule has 0 aromatic heterocycles. The van der Waals surface area contributed by atoms with Crippen LogP contribution in [0, 0.1) is 0 Å². The number of aliphatic hydroxyl groups is 3. The van der Waals surface area contributed by atoms with Gasteiger partial charge in [0.15, 0.2) is 0 Å². The standard InChI is InChI=1S/C42H76BO8.C6H15NO3/c1-3-5-7-9-11-13-15-17-19-21-23-25-27-29-31-33-41(44)46-35-39-37-48-43(50-39)49-38-40(51-43)36-47-42(45)34-32-30-28-26-24-22-20-18-16-14-12-10-8-6-4-2;8-4-1-7(2-5-9)3-6-10/h17-20,39-40H,3-16,21-38H2,1-2H3;8-10H,1-6H2/q-1;/p+1. The molecule has 2 fully saturated rings. The van der Waals surface area contributed by atoms with Crippen LogP contribution in [0.3, 0.4) is 0 Å². The molecule has 1 spiro atoms. The van der Waals surface area contributed by atoms with Crippen LogP contribution in [-0.4, -0.2) is 122 Å². The predicted octanol–water partition coefficient (Wildman–Crippen LogP) is 9.66. The third kappa shape index (κ3) is 34.3. The molecule has 0 aliphatic carbocycles. The summed E-state index contributed by atoms with van der Waals surface area (Å²) in [5.74, 6) is -0.171. The Labute approximate surface area is 371 Å². The van der Waals surface area contributed by atoms with Crippen LogP contribution in [-0.2, 0) is 32.9 Å². The predicted molar refractivity (Wildman–Crippen MR) is 248 cm³/mol. The van der Waals surface area contributed by atoms with E-state index in [0.717, 1.165) is 38.5 Å². The van der Waals surface area contributed by atoms with Crippen LogP contribution in [0.4, 0.5) is 0 Å².